The molecule has 0 bridgehead atoms. The number of rotatable bonds is 7. The molecule has 1 saturated heterocycles. The molecule has 1 N–H and O–H groups in total. The van der Waals surface area contributed by atoms with Crippen molar-refractivity contribution in [1.82, 2.24) is 14.7 Å². The number of aliphatic carboxylic acids is 1. The molecular formula is C21H28ClN3O5S2. The zero-order valence-corrected chi connectivity index (χ0v) is 20.5. The lowest BCUT2D eigenvalue weighted by molar-refractivity contribution is -0.141. The van der Waals surface area contributed by atoms with Gasteiger partial charge in [0.2, 0.25) is 0 Å². The zero-order chi connectivity index (χ0) is 23.1. The van der Waals surface area contributed by atoms with Crippen LogP contribution in [-0.4, -0.2) is 65.4 Å². The second-order valence-electron chi connectivity index (χ2n) is 8.95. The quantitative estimate of drug-likeness (QED) is 0.621. The van der Waals surface area contributed by atoms with Crippen molar-refractivity contribution in [3.05, 3.63) is 38.8 Å². The third-order valence-corrected chi connectivity index (χ3v) is 8.77. The van der Waals surface area contributed by atoms with Gasteiger partial charge in [-0.25, -0.2) is 8.42 Å². The summed E-state index contributed by atoms with van der Waals surface area (Å²) in [5.74, 6) is -0.922. The van der Waals surface area contributed by atoms with Crippen LogP contribution in [0.25, 0.3) is 0 Å². The Kier molecular flexibility index (Phi) is 6.71. The molecular weight excluding hydrogens is 474 g/mol. The van der Waals surface area contributed by atoms with Gasteiger partial charge in [-0.1, -0.05) is 11.6 Å². The Balaban J connectivity index is 1.44. The minimum atomic E-state index is -3.02. The highest BCUT2D eigenvalue weighted by atomic mass is 35.5. The van der Waals surface area contributed by atoms with Crippen LogP contribution in [0.5, 0.6) is 0 Å². The summed E-state index contributed by atoms with van der Waals surface area (Å²) < 4.78 is 31.5. The predicted octanol–water partition coefficient (Wildman–Crippen LogP) is 3.11. The topological polar surface area (TPSA) is 102 Å². The van der Waals surface area contributed by atoms with Crippen LogP contribution < -0.4 is 0 Å². The molecule has 0 saturated carbocycles. The number of carboxylic acid groups (broad SMARTS) is 1. The molecule has 32 heavy (non-hydrogen) atoms. The summed E-state index contributed by atoms with van der Waals surface area (Å²) in [6.45, 7) is 4.48. The Morgan fingerprint density at radius 1 is 1.47 bits per heavy atom. The average molecular weight is 502 g/mol. The van der Waals surface area contributed by atoms with Gasteiger partial charge in [-0.15, -0.1) is 11.3 Å². The third-order valence-electron chi connectivity index (χ3n) is 6.38. The van der Waals surface area contributed by atoms with Gasteiger partial charge >= 0.3 is 5.97 Å². The van der Waals surface area contributed by atoms with Crippen LogP contribution in [0.15, 0.2) is 18.5 Å². The summed E-state index contributed by atoms with van der Waals surface area (Å²) in [4.78, 5) is 14.7. The van der Waals surface area contributed by atoms with Crippen LogP contribution in [0.2, 0.25) is 4.34 Å². The highest BCUT2D eigenvalue weighted by molar-refractivity contribution is 7.90. The number of likely N-dealkylation sites (tertiary alicyclic amines) is 1. The fourth-order valence-corrected chi connectivity index (χ4v) is 6.78. The number of carboxylic acids is 1. The van der Waals surface area contributed by atoms with E-state index in [0.29, 0.717) is 17.5 Å². The Bertz CT molecular complexity index is 1100. The third kappa shape index (κ3) is 5.20. The molecule has 4 heterocycles. The highest BCUT2D eigenvalue weighted by Crippen LogP contribution is 2.51. The molecule has 0 aromatic carbocycles. The second kappa shape index (κ2) is 9.06. The number of aromatic nitrogens is 2. The first-order valence-corrected chi connectivity index (χ1v) is 13.9. The number of thiophene rings is 1. The molecule has 3 atom stereocenters. The lowest BCUT2D eigenvalue weighted by Gasteiger charge is -2.48. The van der Waals surface area contributed by atoms with E-state index in [9.17, 15) is 18.3 Å². The maximum atomic E-state index is 11.4. The summed E-state index contributed by atoms with van der Waals surface area (Å²) in [6.07, 6.45) is 6.59. The number of nitrogens with zero attached hydrogens (tertiary/aromatic N) is 3. The van der Waals surface area contributed by atoms with Crippen molar-refractivity contribution in [2.75, 3.05) is 25.2 Å². The molecule has 2 aromatic rings. The predicted molar refractivity (Wildman–Crippen MR) is 123 cm³/mol. The lowest BCUT2D eigenvalue weighted by Crippen LogP contribution is -2.50. The molecule has 0 amide bonds. The van der Waals surface area contributed by atoms with Crippen LogP contribution in [0.3, 0.4) is 0 Å². The van der Waals surface area contributed by atoms with E-state index in [4.69, 9.17) is 16.3 Å². The van der Waals surface area contributed by atoms with Crippen molar-refractivity contribution in [2.45, 2.75) is 56.8 Å². The number of aryl methyl sites for hydroxylation is 1. The Morgan fingerprint density at radius 3 is 2.94 bits per heavy atom. The highest BCUT2D eigenvalue weighted by Gasteiger charge is 2.47. The number of hydrogen-bond acceptors (Lipinski definition) is 7. The summed E-state index contributed by atoms with van der Waals surface area (Å²) in [6, 6.07) is 2.16. The van der Waals surface area contributed by atoms with Crippen molar-refractivity contribution >= 4 is 38.7 Å². The van der Waals surface area contributed by atoms with Gasteiger partial charge in [0, 0.05) is 47.9 Å². The van der Waals surface area contributed by atoms with Gasteiger partial charge in [-0.05, 0) is 31.4 Å². The van der Waals surface area contributed by atoms with Crippen molar-refractivity contribution in [2.24, 2.45) is 0 Å². The molecule has 2 aliphatic heterocycles. The molecule has 2 aromatic heterocycles. The van der Waals surface area contributed by atoms with Crippen LogP contribution in [0.4, 0.5) is 0 Å². The Hall–Kier alpha value is -1.46. The molecule has 1 unspecified atom stereocenters. The summed E-state index contributed by atoms with van der Waals surface area (Å²) in [5, 5.41) is 13.6. The first kappa shape index (κ1) is 23.7. The summed E-state index contributed by atoms with van der Waals surface area (Å²) in [5.41, 5.74) is 1.66. The maximum absolute atomic E-state index is 11.4. The second-order valence-corrected chi connectivity index (χ2v) is 12.9. The van der Waals surface area contributed by atoms with E-state index in [1.54, 1.807) is 10.9 Å². The molecule has 0 radical (unpaired) electrons. The molecule has 8 nitrogen and oxygen atoms in total. The monoisotopic (exact) mass is 501 g/mol. The molecule has 1 spiro atoms. The molecule has 1 fully saturated rings. The van der Waals surface area contributed by atoms with Gasteiger partial charge < -0.3 is 9.84 Å². The van der Waals surface area contributed by atoms with Gasteiger partial charge in [-0.3, -0.25) is 14.4 Å². The van der Waals surface area contributed by atoms with Crippen molar-refractivity contribution < 1.29 is 23.1 Å². The lowest BCUT2D eigenvalue weighted by atomic mass is 9.79. The van der Waals surface area contributed by atoms with Gasteiger partial charge in [0.1, 0.15) is 15.4 Å². The van der Waals surface area contributed by atoms with Crippen LogP contribution in [-0.2, 0) is 38.1 Å². The fourth-order valence-electron chi connectivity index (χ4n) is 4.76. The molecule has 0 aliphatic carbocycles. The minimum Gasteiger partial charge on any atom is -0.481 e. The Morgan fingerprint density at radius 2 is 2.25 bits per heavy atom. The van der Waals surface area contributed by atoms with E-state index in [1.807, 2.05) is 12.3 Å². The smallest absolute Gasteiger partial charge is 0.304 e. The normalized spacial score (nSPS) is 26.3. The van der Waals surface area contributed by atoms with E-state index in [0.717, 1.165) is 41.9 Å². The zero-order valence-electron chi connectivity index (χ0n) is 18.2. The number of ether oxygens (including phenoxy) is 1. The van der Waals surface area contributed by atoms with Crippen molar-refractivity contribution in [1.29, 1.82) is 0 Å². The number of carbonyl (C=O) groups is 1. The van der Waals surface area contributed by atoms with Crippen molar-refractivity contribution in [3.8, 4) is 0 Å². The number of piperidine rings is 1. The van der Waals surface area contributed by atoms with E-state index in [2.05, 4.69) is 16.9 Å². The minimum absolute atomic E-state index is 0.0428. The van der Waals surface area contributed by atoms with E-state index < -0.39 is 21.4 Å². The van der Waals surface area contributed by atoms with Gasteiger partial charge in [-0.2, -0.15) is 5.10 Å². The average Bonchev–Trinajstić information content (AvgIpc) is 3.31. The summed E-state index contributed by atoms with van der Waals surface area (Å²) in [7, 11) is -3.02. The first-order valence-electron chi connectivity index (χ1n) is 10.6. The van der Waals surface area contributed by atoms with Crippen LogP contribution in [0, 0.1) is 0 Å². The number of hydrogen-bond donors (Lipinski definition) is 1. The largest absolute Gasteiger partial charge is 0.481 e. The maximum Gasteiger partial charge on any atom is 0.304 e. The van der Waals surface area contributed by atoms with Crippen LogP contribution >= 0.6 is 22.9 Å². The number of fused-ring (bicyclic) bond motifs is 2. The molecule has 11 heteroatoms. The van der Waals surface area contributed by atoms with E-state index >= 15 is 0 Å². The molecule has 176 valence electrons. The fraction of sp³-hybridized carbons (Fsp3) is 0.619. The number of sulfone groups is 1. The van der Waals surface area contributed by atoms with Gasteiger partial charge in [0.15, 0.2) is 0 Å². The SMILES string of the molecule is C[C@H]1C[C@@]2(CCN1Cc1cnn(CCS(C)(=O)=O)c1)OCC(CC(=O)O)c1cc(Cl)sc12. The van der Waals surface area contributed by atoms with E-state index in [1.165, 1.54) is 17.6 Å². The van der Waals surface area contributed by atoms with Crippen molar-refractivity contribution in [3.63, 3.8) is 0 Å². The first-order chi connectivity index (χ1) is 15.0. The van der Waals surface area contributed by atoms with E-state index in [-0.39, 0.29) is 24.1 Å². The Labute approximate surface area is 197 Å². The van der Waals surface area contributed by atoms with Gasteiger partial charge in [0.05, 0.1) is 35.9 Å². The summed E-state index contributed by atoms with van der Waals surface area (Å²) >= 11 is 7.85. The molecule has 4 rings (SSSR count). The van der Waals surface area contributed by atoms with Gasteiger partial charge in [0.25, 0.3) is 0 Å². The number of halogens is 1. The standard InChI is InChI=1S/C21H28ClN3O5S2/c1-14-9-21(20-17(8-18(22)31-20)16(13-30-21)7-19(26)27)3-4-24(14)11-15-10-23-25(12-15)5-6-32(2,28)29/h8,10,12,14,16H,3-7,9,11,13H2,1-2H3,(H,26,27)/t14-,16?,21+/m0/s1. The van der Waals surface area contributed by atoms with Crippen LogP contribution in [0.1, 0.15) is 48.1 Å². The molecule has 2 aliphatic rings.